The third-order valence-corrected chi connectivity index (χ3v) is 9.95. The first-order valence-corrected chi connectivity index (χ1v) is 11.3. The van der Waals surface area contributed by atoms with Crippen LogP contribution in [-0.4, -0.2) is 21.9 Å². The zero-order valence-corrected chi connectivity index (χ0v) is 17.2. The molecular weight excluding hydrogens is 352 g/mol. The highest BCUT2D eigenvalue weighted by molar-refractivity contribution is 5.27. The van der Waals surface area contributed by atoms with Gasteiger partial charge in [-0.25, -0.2) is 4.79 Å². The fraction of sp³-hybridized carbons (Fsp3) is 0.792. The topological polar surface area (TPSA) is 70.7 Å². The van der Waals surface area contributed by atoms with Crippen molar-refractivity contribution >= 4 is 0 Å². The minimum absolute atomic E-state index is 0.129. The molecule has 1 heterocycles. The van der Waals surface area contributed by atoms with E-state index in [4.69, 9.17) is 4.42 Å². The van der Waals surface area contributed by atoms with Crippen LogP contribution in [0.3, 0.4) is 0 Å². The van der Waals surface area contributed by atoms with E-state index in [0.29, 0.717) is 17.8 Å². The Balaban J connectivity index is 1.48. The zero-order valence-electron chi connectivity index (χ0n) is 17.2. The Morgan fingerprint density at radius 2 is 1.82 bits per heavy atom. The summed E-state index contributed by atoms with van der Waals surface area (Å²) in [6, 6.07) is 3.42. The van der Waals surface area contributed by atoms with Gasteiger partial charge in [0.15, 0.2) is 0 Å². The molecule has 4 aliphatic carbocycles. The van der Waals surface area contributed by atoms with Crippen LogP contribution < -0.4 is 5.63 Å². The maximum atomic E-state index is 12.2. The summed E-state index contributed by atoms with van der Waals surface area (Å²) in [5, 5.41) is 22.4. The van der Waals surface area contributed by atoms with Gasteiger partial charge in [-0.1, -0.05) is 13.8 Å². The fourth-order valence-electron chi connectivity index (χ4n) is 8.30. The third-order valence-electron chi connectivity index (χ3n) is 9.95. The molecule has 0 aliphatic heterocycles. The molecule has 4 heteroatoms. The predicted octanol–water partition coefficient (Wildman–Crippen LogP) is 4.24. The van der Waals surface area contributed by atoms with Gasteiger partial charge >= 0.3 is 5.63 Å². The summed E-state index contributed by atoms with van der Waals surface area (Å²) >= 11 is 0. The summed E-state index contributed by atoms with van der Waals surface area (Å²) in [6.45, 7) is 4.73. The highest BCUT2D eigenvalue weighted by Crippen LogP contribution is 2.70. The van der Waals surface area contributed by atoms with Crippen molar-refractivity contribution in [2.45, 2.75) is 89.3 Å². The standard InChI is InChI=1S/C24H34O4/c1-22-10-7-17(25)13-16(22)4-5-20-19(22)8-11-23(2)18(9-12-24(20,23)27)15-3-6-21(26)28-14-15/h3,6,14,16-20,25,27H,4-5,7-13H2,1-2H3/t16-,17-,18-,19+,20-,22-,23+,24-/m0/s1. The van der Waals surface area contributed by atoms with E-state index in [1.807, 2.05) is 6.07 Å². The number of aliphatic hydroxyl groups excluding tert-OH is 1. The van der Waals surface area contributed by atoms with Gasteiger partial charge in [-0.3, -0.25) is 0 Å². The first-order chi connectivity index (χ1) is 13.3. The lowest BCUT2D eigenvalue weighted by molar-refractivity contribution is -0.205. The van der Waals surface area contributed by atoms with Crippen LogP contribution in [0.2, 0.25) is 0 Å². The molecule has 154 valence electrons. The van der Waals surface area contributed by atoms with Crippen LogP contribution in [-0.2, 0) is 0 Å². The van der Waals surface area contributed by atoms with Crippen molar-refractivity contribution in [3.05, 3.63) is 34.4 Å². The Morgan fingerprint density at radius 3 is 2.57 bits per heavy atom. The van der Waals surface area contributed by atoms with E-state index >= 15 is 0 Å². The summed E-state index contributed by atoms with van der Waals surface area (Å²) in [4.78, 5) is 11.4. The van der Waals surface area contributed by atoms with E-state index in [-0.39, 0.29) is 28.5 Å². The second kappa shape index (κ2) is 6.18. The quantitative estimate of drug-likeness (QED) is 0.757. The van der Waals surface area contributed by atoms with E-state index < -0.39 is 5.60 Å². The zero-order chi connectivity index (χ0) is 19.7. The molecule has 0 saturated heterocycles. The largest absolute Gasteiger partial charge is 0.431 e. The van der Waals surface area contributed by atoms with E-state index in [9.17, 15) is 15.0 Å². The summed E-state index contributed by atoms with van der Waals surface area (Å²) in [6.07, 6.45) is 10.7. The predicted molar refractivity (Wildman–Crippen MR) is 107 cm³/mol. The first-order valence-electron chi connectivity index (χ1n) is 11.3. The van der Waals surface area contributed by atoms with Crippen LogP contribution in [0.15, 0.2) is 27.6 Å². The van der Waals surface area contributed by atoms with Gasteiger partial charge in [0.05, 0.1) is 18.0 Å². The van der Waals surface area contributed by atoms with Gasteiger partial charge in [-0.05, 0) is 98.5 Å². The molecule has 0 bridgehead atoms. The molecule has 0 radical (unpaired) electrons. The van der Waals surface area contributed by atoms with Crippen LogP contribution in [0, 0.1) is 28.6 Å². The summed E-state index contributed by atoms with van der Waals surface area (Å²) in [7, 11) is 0. The van der Waals surface area contributed by atoms with Gasteiger partial charge < -0.3 is 14.6 Å². The summed E-state index contributed by atoms with van der Waals surface area (Å²) in [5.41, 5.74) is 0.219. The molecule has 1 aromatic rings. The van der Waals surface area contributed by atoms with Crippen LogP contribution in [0.4, 0.5) is 0 Å². The maximum Gasteiger partial charge on any atom is 0.335 e. The lowest BCUT2D eigenvalue weighted by Crippen LogP contribution is -2.62. The van der Waals surface area contributed by atoms with Gasteiger partial charge in [0.1, 0.15) is 0 Å². The molecule has 5 rings (SSSR count). The molecule has 4 nitrogen and oxygen atoms in total. The Hall–Kier alpha value is -1.13. The molecule has 4 aliphatic rings. The van der Waals surface area contributed by atoms with Crippen molar-refractivity contribution in [2.24, 2.45) is 28.6 Å². The Bertz CT molecular complexity index is 797. The van der Waals surface area contributed by atoms with Gasteiger partial charge in [0.2, 0.25) is 0 Å². The van der Waals surface area contributed by atoms with Gasteiger partial charge in [-0.2, -0.15) is 0 Å². The highest BCUT2D eigenvalue weighted by Gasteiger charge is 2.67. The summed E-state index contributed by atoms with van der Waals surface area (Å²) in [5.74, 6) is 1.76. The average molecular weight is 387 g/mol. The molecule has 8 atom stereocenters. The van der Waals surface area contributed by atoms with Crippen LogP contribution in [0.5, 0.6) is 0 Å². The number of fused-ring (bicyclic) bond motifs is 5. The average Bonchev–Trinajstić information content (AvgIpc) is 2.95. The van der Waals surface area contributed by atoms with Crippen LogP contribution >= 0.6 is 0 Å². The molecule has 0 spiro atoms. The van der Waals surface area contributed by atoms with Crippen molar-refractivity contribution in [3.8, 4) is 0 Å². The fourth-order valence-corrected chi connectivity index (χ4v) is 8.30. The van der Waals surface area contributed by atoms with Crippen molar-refractivity contribution in [2.75, 3.05) is 0 Å². The SMILES string of the molecule is C[C@]12CC[C@H](O)C[C@@H]1CC[C@H]1[C@H]2CC[C@]2(C)[C@H](c3ccc(=O)oc3)CC[C@]12O. The lowest BCUT2D eigenvalue weighted by atomic mass is 9.43. The van der Waals surface area contributed by atoms with Gasteiger partial charge in [0.25, 0.3) is 0 Å². The molecular formula is C24H34O4. The van der Waals surface area contributed by atoms with E-state index in [1.165, 1.54) is 12.5 Å². The summed E-state index contributed by atoms with van der Waals surface area (Å²) < 4.78 is 5.17. The third kappa shape index (κ3) is 2.40. The molecule has 2 N–H and O–H groups in total. The molecule has 4 fully saturated rings. The number of aliphatic hydroxyl groups is 2. The second-order valence-corrected chi connectivity index (χ2v) is 10.8. The lowest BCUT2D eigenvalue weighted by Gasteiger charge is -2.63. The van der Waals surface area contributed by atoms with Crippen molar-refractivity contribution in [3.63, 3.8) is 0 Å². The normalized spacial score (nSPS) is 50.5. The highest BCUT2D eigenvalue weighted by atomic mass is 16.4. The monoisotopic (exact) mass is 386 g/mol. The number of rotatable bonds is 1. The van der Waals surface area contributed by atoms with E-state index in [0.717, 1.165) is 56.9 Å². The van der Waals surface area contributed by atoms with Crippen molar-refractivity contribution < 1.29 is 14.6 Å². The maximum absolute atomic E-state index is 12.2. The number of hydrogen-bond acceptors (Lipinski definition) is 4. The first kappa shape index (κ1) is 18.9. The van der Waals surface area contributed by atoms with Crippen LogP contribution in [0.25, 0.3) is 0 Å². The Morgan fingerprint density at radius 1 is 1.00 bits per heavy atom. The smallest absolute Gasteiger partial charge is 0.335 e. The van der Waals surface area contributed by atoms with Gasteiger partial charge in [-0.15, -0.1) is 0 Å². The number of hydrogen-bond donors (Lipinski definition) is 2. The van der Waals surface area contributed by atoms with Crippen molar-refractivity contribution in [1.82, 2.24) is 0 Å². The Labute approximate surface area is 167 Å². The van der Waals surface area contributed by atoms with Crippen molar-refractivity contribution in [1.29, 1.82) is 0 Å². The molecule has 28 heavy (non-hydrogen) atoms. The molecule has 0 aromatic carbocycles. The molecule has 4 saturated carbocycles. The van der Waals surface area contributed by atoms with Crippen LogP contribution in [0.1, 0.15) is 83.1 Å². The molecule has 1 aromatic heterocycles. The minimum Gasteiger partial charge on any atom is -0.431 e. The van der Waals surface area contributed by atoms with E-state index in [1.54, 1.807) is 6.26 Å². The second-order valence-electron chi connectivity index (χ2n) is 10.8. The molecule has 0 unspecified atom stereocenters. The minimum atomic E-state index is -0.638. The molecule has 0 amide bonds. The Kier molecular flexibility index (Phi) is 4.17. The van der Waals surface area contributed by atoms with Gasteiger partial charge in [0, 0.05) is 11.5 Å². The van der Waals surface area contributed by atoms with E-state index in [2.05, 4.69) is 13.8 Å².